The summed E-state index contributed by atoms with van der Waals surface area (Å²) in [5, 5.41) is 0. The molecular weight excluding hydrogens is 336 g/mol. The first-order valence-corrected chi connectivity index (χ1v) is 9.95. The molecule has 1 aliphatic carbocycles. The summed E-state index contributed by atoms with van der Waals surface area (Å²) in [6.45, 7) is 2.86. The Morgan fingerprint density at radius 1 is 0.889 bits per heavy atom. The van der Waals surface area contributed by atoms with E-state index in [1.807, 2.05) is 46.2 Å². The van der Waals surface area contributed by atoms with Gasteiger partial charge in [0.05, 0.1) is 11.8 Å². The molecule has 27 heavy (non-hydrogen) atoms. The number of fused-ring (bicyclic) bond motifs is 2. The zero-order valence-corrected chi connectivity index (χ0v) is 15.6. The van der Waals surface area contributed by atoms with E-state index >= 15 is 0 Å². The average molecular weight is 360 g/mol. The molecule has 2 amide bonds. The second-order valence-electron chi connectivity index (χ2n) is 8.06. The van der Waals surface area contributed by atoms with Gasteiger partial charge in [-0.05, 0) is 55.9 Å². The number of hydrogen-bond acceptors (Lipinski definition) is 2. The lowest BCUT2D eigenvalue weighted by molar-refractivity contribution is -0.124. The summed E-state index contributed by atoms with van der Waals surface area (Å²) >= 11 is 0. The Bertz CT molecular complexity index is 922. The number of nitrogens with zero attached hydrogens (tertiary/aromatic N) is 2. The van der Waals surface area contributed by atoms with Crippen LogP contribution >= 0.6 is 0 Å². The van der Waals surface area contributed by atoms with Crippen LogP contribution in [0, 0.1) is 11.8 Å². The number of carbonyl (C=O) groups is 2. The van der Waals surface area contributed by atoms with Crippen LogP contribution in [0.15, 0.2) is 48.5 Å². The third-order valence-corrected chi connectivity index (χ3v) is 6.25. The van der Waals surface area contributed by atoms with Crippen LogP contribution in [0.2, 0.25) is 0 Å². The van der Waals surface area contributed by atoms with Gasteiger partial charge in [0.25, 0.3) is 0 Å². The van der Waals surface area contributed by atoms with Gasteiger partial charge in [0, 0.05) is 24.0 Å². The summed E-state index contributed by atoms with van der Waals surface area (Å²) in [7, 11) is 0. The summed E-state index contributed by atoms with van der Waals surface area (Å²) < 4.78 is 0. The Hall–Kier alpha value is -2.62. The van der Waals surface area contributed by atoms with Crippen LogP contribution in [0.1, 0.15) is 30.9 Å². The molecule has 0 aromatic heterocycles. The SMILES string of the molecule is CC1Cc2ccccc2N1C(=O)C1CC1C(=O)N1CCCc2ccccc21. The minimum Gasteiger partial charge on any atom is -0.312 e. The van der Waals surface area contributed by atoms with Crippen molar-refractivity contribution in [3.8, 4) is 0 Å². The third-order valence-electron chi connectivity index (χ3n) is 6.25. The Morgan fingerprint density at radius 3 is 2.37 bits per heavy atom. The zero-order chi connectivity index (χ0) is 18.5. The van der Waals surface area contributed by atoms with Crippen molar-refractivity contribution in [3.63, 3.8) is 0 Å². The maximum absolute atomic E-state index is 13.2. The fourth-order valence-corrected chi connectivity index (χ4v) is 4.78. The fraction of sp³-hybridized carbons (Fsp3) is 0.391. The molecule has 2 heterocycles. The fourth-order valence-electron chi connectivity index (χ4n) is 4.78. The third kappa shape index (κ3) is 2.66. The van der Waals surface area contributed by atoms with Crippen LogP contribution in [0.4, 0.5) is 11.4 Å². The second-order valence-corrected chi connectivity index (χ2v) is 8.06. The van der Waals surface area contributed by atoms with E-state index in [0.717, 1.165) is 37.2 Å². The number of carbonyl (C=O) groups excluding carboxylic acids is 2. The number of amides is 2. The lowest BCUT2D eigenvalue weighted by atomic mass is 10.0. The number of aryl methyl sites for hydroxylation is 1. The average Bonchev–Trinajstić information content (AvgIpc) is 3.42. The zero-order valence-electron chi connectivity index (χ0n) is 15.6. The number of para-hydroxylation sites is 2. The summed E-state index contributed by atoms with van der Waals surface area (Å²) in [6.07, 6.45) is 3.59. The van der Waals surface area contributed by atoms with Gasteiger partial charge in [-0.25, -0.2) is 0 Å². The first kappa shape index (κ1) is 16.5. The summed E-state index contributed by atoms with van der Waals surface area (Å²) in [6, 6.07) is 16.5. The van der Waals surface area contributed by atoms with Crippen molar-refractivity contribution in [2.75, 3.05) is 16.3 Å². The monoisotopic (exact) mass is 360 g/mol. The van der Waals surface area contributed by atoms with Gasteiger partial charge >= 0.3 is 0 Å². The van der Waals surface area contributed by atoms with Crippen molar-refractivity contribution in [2.24, 2.45) is 11.8 Å². The molecule has 0 radical (unpaired) electrons. The normalized spacial score (nSPS) is 25.7. The highest BCUT2D eigenvalue weighted by atomic mass is 16.2. The summed E-state index contributed by atoms with van der Waals surface area (Å²) in [5.41, 5.74) is 4.53. The van der Waals surface area contributed by atoms with Crippen molar-refractivity contribution in [2.45, 2.75) is 38.6 Å². The number of benzene rings is 2. The maximum atomic E-state index is 13.2. The molecule has 3 atom stereocenters. The van der Waals surface area contributed by atoms with Gasteiger partial charge in [0.1, 0.15) is 0 Å². The Kier molecular flexibility index (Phi) is 3.81. The lowest BCUT2D eigenvalue weighted by Gasteiger charge is -2.30. The van der Waals surface area contributed by atoms with Gasteiger partial charge in [-0.3, -0.25) is 9.59 Å². The molecule has 3 aliphatic rings. The number of rotatable bonds is 2. The minimum absolute atomic E-state index is 0.121. The highest BCUT2D eigenvalue weighted by Crippen LogP contribution is 2.45. The predicted octanol–water partition coefficient (Wildman–Crippen LogP) is 3.58. The van der Waals surface area contributed by atoms with Crippen molar-refractivity contribution in [1.29, 1.82) is 0 Å². The van der Waals surface area contributed by atoms with E-state index in [0.29, 0.717) is 6.42 Å². The van der Waals surface area contributed by atoms with Crippen molar-refractivity contribution >= 4 is 23.2 Å². The largest absolute Gasteiger partial charge is 0.312 e. The van der Waals surface area contributed by atoms with Crippen LogP contribution < -0.4 is 9.80 Å². The van der Waals surface area contributed by atoms with E-state index < -0.39 is 0 Å². The van der Waals surface area contributed by atoms with Crippen LogP contribution in [-0.4, -0.2) is 24.4 Å². The van der Waals surface area contributed by atoms with Gasteiger partial charge < -0.3 is 9.80 Å². The molecule has 4 nitrogen and oxygen atoms in total. The maximum Gasteiger partial charge on any atom is 0.231 e. The van der Waals surface area contributed by atoms with Crippen LogP contribution in [0.3, 0.4) is 0 Å². The molecule has 4 heteroatoms. The molecule has 0 spiro atoms. The molecular formula is C23H24N2O2. The van der Waals surface area contributed by atoms with E-state index in [4.69, 9.17) is 0 Å². The molecule has 2 aromatic rings. The van der Waals surface area contributed by atoms with E-state index in [-0.39, 0.29) is 29.7 Å². The molecule has 0 bridgehead atoms. The first-order valence-electron chi connectivity index (χ1n) is 9.95. The molecule has 138 valence electrons. The quantitative estimate of drug-likeness (QED) is 0.821. The van der Waals surface area contributed by atoms with Crippen molar-refractivity contribution in [3.05, 3.63) is 59.7 Å². The Morgan fingerprint density at radius 2 is 1.56 bits per heavy atom. The van der Waals surface area contributed by atoms with Crippen LogP contribution in [0.5, 0.6) is 0 Å². The van der Waals surface area contributed by atoms with Crippen molar-refractivity contribution in [1.82, 2.24) is 0 Å². The molecule has 0 saturated heterocycles. The molecule has 2 aliphatic heterocycles. The Balaban J connectivity index is 1.34. The van der Waals surface area contributed by atoms with Crippen LogP contribution in [-0.2, 0) is 22.4 Å². The Labute approximate surface area is 159 Å². The molecule has 1 fully saturated rings. The van der Waals surface area contributed by atoms with Gasteiger partial charge in [0.15, 0.2) is 0 Å². The molecule has 1 saturated carbocycles. The van der Waals surface area contributed by atoms with Gasteiger partial charge in [-0.15, -0.1) is 0 Å². The first-order chi connectivity index (χ1) is 13.1. The van der Waals surface area contributed by atoms with E-state index in [1.54, 1.807) is 0 Å². The van der Waals surface area contributed by atoms with Gasteiger partial charge in [-0.2, -0.15) is 0 Å². The predicted molar refractivity (Wildman–Crippen MR) is 106 cm³/mol. The molecule has 0 N–H and O–H groups in total. The van der Waals surface area contributed by atoms with E-state index in [9.17, 15) is 9.59 Å². The summed E-state index contributed by atoms with van der Waals surface area (Å²) in [5.74, 6) is -0.0828. The highest BCUT2D eigenvalue weighted by molar-refractivity contribution is 6.06. The van der Waals surface area contributed by atoms with Crippen molar-refractivity contribution < 1.29 is 9.59 Å². The smallest absolute Gasteiger partial charge is 0.231 e. The minimum atomic E-state index is -0.166. The van der Waals surface area contributed by atoms with E-state index in [1.165, 1.54) is 11.1 Å². The van der Waals surface area contributed by atoms with Crippen LogP contribution in [0.25, 0.3) is 0 Å². The topological polar surface area (TPSA) is 40.6 Å². The highest BCUT2D eigenvalue weighted by Gasteiger charge is 2.52. The lowest BCUT2D eigenvalue weighted by Crippen LogP contribution is -2.40. The standard InChI is InChI=1S/C23H24N2O2/c1-15-13-17-8-3-5-11-21(17)25(15)23(27)19-14-18(19)22(26)24-12-6-9-16-7-2-4-10-20(16)24/h2-5,7-8,10-11,15,18-19H,6,9,12-14H2,1H3. The molecule has 2 aromatic carbocycles. The second kappa shape index (κ2) is 6.22. The number of hydrogen-bond donors (Lipinski definition) is 0. The summed E-state index contributed by atoms with van der Waals surface area (Å²) in [4.78, 5) is 30.2. The van der Waals surface area contributed by atoms with E-state index in [2.05, 4.69) is 19.1 Å². The van der Waals surface area contributed by atoms with Gasteiger partial charge in [0.2, 0.25) is 11.8 Å². The molecule has 5 rings (SSSR count). The number of anilines is 2. The molecule has 3 unspecified atom stereocenters. The van der Waals surface area contributed by atoms with Gasteiger partial charge in [-0.1, -0.05) is 36.4 Å².